The van der Waals surface area contributed by atoms with E-state index in [2.05, 4.69) is 17.1 Å². The number of hydrogen-bond donors (Lipinski definition) is 2. The maximum Gasteiger partial charge on any atom is 0.177 e. The molecule has 1 aromatic heterocycles. The van der Waals surface area contributed by atoms with E-state index in [0.29, 0.717) is 12.2 Å². The molecule has 0 saturated carbocycles. The third-order valence-electron chi connectivity index (χ3n) is 3.15. The number of hydrogen-bond acceptors (Lipinski definition) is 4. The van der Waals surface area contributed by atoms with E-state index >= 15 is 0 Å². The van der Waals surface area contributed by atoms with Crippen molar-refractivity contribution in [3.63, 3.8) is 0 Å². The molecule has 0 unspecified atom stereocenters. The van der Waals surface area contributed by atoms with Gasteiger partial charge >= 0.3 is 0 Å². The second-order valence-corrected chi connectivity index (χ2v) is 4.28. The molecule has 18 heavy (non-hydrogen) atoms. The molecular formula is C12H22Cl2N2O2. The Balaban J connectivity index is 0.00000144. The summed E-state index contributed by atoms with van der Waals surface area (Å²) in [5.74, 6) is 0.663. The van der Waals surface area contributed by atoms with Crippen molar-refractivity contribution in [1.82, 2.24) is 10.2 Å². The standard InChI is InChI=1S/C12H20N2O2.2ClH/c1-2-5-12(15,11-4-3-10-16-11)14-8-6-13-7-9-14;;/h3-4,10,13,15H,2,5-9H2,1H3;2*1H/t12-;;/m0../s1. The van der Waals surface area contributed by atoms with E-state index in [0.717, 1.165) is 32.6 Å². The van der Waals surface area contributed by atoms with Crippen molar-refractivity contribution in [2.75, 3.05) is 26.2 Å². The van der Waals surface area contributed by atoms with Crippen LogP contribution < -0.4 is 5.32 Å². The minimum atomic E-state index is -0.930. The largest absolute Gasteiger partial charge is 0.465 e. The van der Waals surface area contributed by atoms with Crippen LogP contribution in [-0.2, 0) is 5.72 Å². The van der Waals surface area contributed by atoms with Crippen LogP contribution >= 0.6 is 24.8 Å². The molecule has 1 aliphatic heterocycles. The minimum absolute atomic E-state index is 0. The van der Waals surface area contributed by atoms with E-state index < -0.39 is 5.72 Å². The number of rotatable bonds is 4. The zero-order valence-corrected chi connectivity index (χ0v) is 12.2. The van der Waals surface area contributed by atoms with Crippen molar-refractivity contribution in [2.45, 2.75) is 25.5 Å². The van der Waals surface area contributed by atoms with E-state index in [1.807, 2.05) is 12.1 Å². The van der Waals surface area contributed by atoms with Gasteiger partial charge in [0.25, 0.3) is 0 Å². The molecule has 1 aromatic rings. The third kappa shape index (κ3) is 3.62. The number of nitrogens with one attached hydrogen (secondary N) is 1. The van der Waals surface area contributed by atoms with Crippen LogP contribution in [-0.4, -0.2) is 36.2 Å². The quantitative estimate of drug-likeness (QED) is 0.892. The number of furan rings is 1. The van der Waals surface area contributed by atoms with Crippen LogP contribution in [0.5, 0.6) is 0 Å². The molecule has 0 bridgehead atoms. The van der Waals surface area contributed by atoms with E-state index in [1.165, 1.54) is 0 Å². The maximum absolute atomic E-state index is 10.8. The average Bonchev–Trinajstić information content (AvgIpc) is 2.84. The topological polar surface area (TPSA) is 48.6 Å². The highest BCUT2D eigenvalue weighted by atomic mass is 35.5. The summed E-state index contributed by atoms with van der Waals surface area (Å²) in [6, 6.07) is 3.69. The molecule has 2 heterocycles. The highest BCUT2D eigenvalue weighted by Gasteiger charge is 2.38. The normalized spacial score (nSPS) is 19.4. The van der Waals surface area contributed by atoms with E-state index in [4.69, 9.17) is 4.42 Å². The van der Waals surface area contributed by atoms with Crippen molar-refractivity contribution < 1.29 is 9.52 Å². The van der Waals surface area contributed by atoms with Gasteiger partial charge in [-0.05, 0) is 18.6 Å². The molecule has 1 fully saturated rings. The first-order chi connectivity index (χ1) is 7.77. The molecule has 1 atom stereocenters. The van der Waals surface area contributed by atoms with Crippen LogP contribution in [0.1, 0.15) is 25.5 Å². The van der Waals surface area contributed by atoms with Gasteiger partial charge in [0, 0.05) is 26.2 Å². The summed E-state index contributed by atoms with van der Waals surface area (Å²) in [5, 5.41) is 14.1. The molecule has 2 N–H and O–H groups in total. The van der Waals surface area contributed by atoms with E-state index in [-0.39, 0.29) is 24.8 Å². The molecule has 0 radical (unpaired) electrons. The smallest absolute Gasteiger partial charge is 0.177 e. The fraction of sp³-hybridized carbons (Fsp3) is 0.667. The van der Waals surface area contributed by atoms with Gasteiger partial charge in [0.1, 0.15) is 0 Å². The van der Waals surface area contributed by atoms with Crippen molar-refractivity contribution in [3.8, 4) is 0 Å². The first-order valence-electron chi connectivity index (χ1n) is 5.99. The summed E-state index contributed by atoms with van der Waals surface area (Å²) >= 11 is 0. The molecule has 0 aromatic carbocycles. The van der Waals surface area contributed by atoms with Crippen LogP contribution in [0.2, 0.25) is 0 Å². The van der Waals surface area contributed by atoms with Crippen molar-refractivity contribution >= 4 is 24.8 Å². The lowest BCUT2D eigenvalue weighted by Crippen LogP contribution is -2.54. The zero-order chi connectivity index (χ0) is 11.4. The molecule has 6 heteroatoms. The van der Waals surface area contributed by atoms with Crippen LogP contribution in [0.4, 0.5) is 0 Å². The van der Waals surface area contributed by atoms with Crippen molar-refractivity contribution in [1.29, 1.82) is 0 Å². The molecule has 1 aliphatic rings. The molecule has 0 aliphatic carbocycles. The Morgan fingerprint density at radius 1 is 1.39 bits per heavy atom. The molecule has 1 saturated heterocycles. The highest BCUT2D eigenvalue weighted by Crippen LogP contribution is 2.31. The Morgan fingerprint density at radius 2 is 2.06 bits per heavy atom. The fourth-order valence-corrected chi connectivity index (χ4v) is 2.33. The van der Waals surface area contributed by atoms with Crippen LogP contribution in [0, 0.1) is 0 Å². The predicted octanol–water partition coefficient (Wildman–Crippen LogP) is 1.97. The zero-order valence-electron chi connectivity index (χ0n) is 10.6. The summed E-state index contributed by atoms with van der Waals surface area (Å²) in [7, 11) is 0. The molecule has 106 valence electrons. The van der Waals surface area contributed by atoms with Gasteiger partial charge in [-0.25, -0.2) is 0 Å². The SMILES string of the molecule is CCC[C@](O)(c1ccco1)N1CCNCC1.Cl.Cl. The van der Waals surface area contributed by atoms with Gasteiger partial charge in [-0.15, -0.1) is 24.8 Å². The van der Waals surface area contributed by atoms with Gasteiger partial charge in [0.05, 0.1) is 6.26 Å². The van der Waals surface area contributed by atoms with Gasteiger partial charge < -0.3 is 14.8 Å². The maximum atomic E-state index is 10.8. The Hall–Kier alpha value is -0.260. The molecular weight excluding hydrogens is 275 g/mol. The Labute approximate surface area is 121 Å². The molecule has 0 amide bonds. The van der Waals surface area contributed by atoms with E-state index in [1.54, 1.807) is 6.26 Å². The number of nitrogens with zero attached hydrogens (tertiary/aromatic N) is 1. The van der Waals surface area contributed by atoms with Gasteiger partial charge in [-0.3, -0.25) is 4.90 Å². The van der Waals surface area contributed by atoms with Crippen LogP contribution in [0.25, 0.3) is 0 Å². The second-order valence-electron chi connectivity index (χ2n) is 4.28. The highest BCUT2D eigenvalue weighted by molar-refractivity contribution is 5.85. The van der Waals surface area contributed by atoms with Gasteiger partial charge in [0.15, 0.2) is 11.5 Å². The first kappa shape index (κ1) is 17.7. The molecule has 0 spiro atoms. The monoisotopic (exact) mass is 296 g/mol. The van der Waals surface area contributed by atoms with E-state index in [9.17, 15) is 5.11 Å². The number of aliphatic hydroxyl groups is 1. The fourth-order valence-electron chi connectivity index (χ4n) is 2.33. The van der Waals surface area contributed by atoms with Gasteiger partial charge in [0.2, 0.25) is 0 Å². The van der Waals surface area contributed by atoms with Crippen molar-refractivity contribution in [3.05, 3.63) is 24.2 Å². The summed E-state index contributed by atoms with van der Waals surface area (Å²) in [4.78, 5) is 2.10. The first-order valence-corrected chi connectivity index (χ1v) is 5.99. The lowest BCUT2D eigenvalue weighted by molar-refractivity contribution is -0.140. The average molecular weight is 297 g/mol. The lowest BCUT2D eigenvalue weighted by atomic mass is 10.0. The van der Waals surface area contributed by atoms with Gasteiger partial charge in [-0.2, -0.15) is 0 Å². The Bertz CT molecular complexity index is 316. The van der Waals surface area contributed by atoms with Crippen LogP contribution in [0.15, 0.2) is 22.8 Å². The van der Waals surface area contributed by atoms with Crippen LogP contribution in [0.3, 0.4) is 0 Å². The Kier molecular flexibility index (Phi) is 7.90. The molecule has 4 nitrogen and oxygen atoms in total. The number of halogens is 2. The van der Waals surface area contributed by atoms with Crippen molar-refractivity contribution in [2.24, 2.45) is 0 Å². The second kappa shape index (κ2) is 8.02. The van der Waals surface area contributed by atoms with Gasteiger partial charge in [-0.1, -0.05) is 13.3 Å². The summed E-state index contributed by atoms with van der Waals surface area (Å²) < 4.78 is 5.39. The number of piperazine rings is 1. The summed E-state index contributed by atoms with van der Waals surface area (Å²) in [6.07, 6.45) is 3.26. The summed E-state index contributed by atoms with van der Waals surface area (Å²) in [6.45, 7) is 5.64. The third-order valence-corrected chi connectivity index (χ3v) is 3.15. The molecule has 2 rings (SSSR count). The summed E-state index contributed by atoms with van der Waals surface area (Å²) in [5.41, 5.74) is -0.930. The predicted molar refractivity (Wildman–Crippen MR) is 76.5 cm³/mol. The Morgan fingerprint density at radius 3 is 2.56 bits per heavy atom. The minimum Gasteiger partial charge on any atom is -0.465 e. The lowest BCUT2D eigenvalue weighted by Gasteiger charge is -2.40.